The fourth-order valence-electron chi connectivity index (χ4n) is 1.49. The number of hydrogen-bond donors (Lipinski definition) is 0. The van der Waals surface area contributed by atoms with E-state index in [4.69, 9.17) is 5.26 Å². The molecule has 5 heteroatoms. The third-order valence-electron chi connectivity index (χ3n) is 2.49. The fourth-order valence-corrected chi connectivity index (χ4v) is 1.49. The minimum absolute atomic E-state index is 0.416. The molecule has 15 heavy (non-hydrogen) atoms. The van der Waals surface area contributed by atoms with Crippen LogP contribution in [0.25, 0.3) is 0 Å². The lowest BCUT2D eigenvalue weighted by Crippen LogP contribution is -2.52. The molecule has 0 unspecified atom stereocenters. The van der Waals surface area contributed by atoms with Gasteiger partial charge in [0, 0.05) is 33.1 Å². The van der Waals surface area contributed by atoms with Crippen LogP contribution in [0.4, 0.5) is 0 Å². The molecule has 0 aromatic heterocycles. The van der Waals surface area contributed by atoms with E-state index < -0.39 is 11.8 Å². The molecule has 0 aromatic rings. The largest absolute Gasteiger partial charge is 0.336 e. The number of unbranched alkanes of at least 4 members (excludes halogenated alkanes) is 2. The first kappa shape index (κ1) is 11.5. The summed E-state index contributed by atoms with van der Waals surface area (Å²) in [4.78, 5) is 25.8. The monoisotopic (exact) mass is 209 g/mol. The maximum absolute atomic E-state index is 11.5. The number of carbonyl (C=O) groups excluding carboxylic acids is 2. The molecule has 82 valence electrons. The topological polar surface area (TPSA) is 64.4 Å². The van der Waals surface area contributed by atoms with Gasteiger partial charge in [-0.2, -0.15) is 5.26 Å². The highest BCUT2D eigenvalue weighted by atomic mass is 16.2. The molecule has 1 aliphatic rings. The molecule has 0 aliphatic carbocycles. The van der Waals surface area contributed by atoms with Crippen LogP contribution in [-0.2, 0) is 9.59 Å². The van der Waals surface area contributed by atoms with E-state index in [-0.39, 0.29) is 0 Å². The fraction of sp³-hybridized carbons (Fsp3) is 0.700. The Morgan fingerprint density at radius 1 is 1.27 bits per heavy atom. The predicted octanol–water partition coefficient (Wildman–Crippen LogP) is -0.0191. The van der Waals surface area contributed by atoms with Gasteiger partial charge in [-0.15, -0.1) is 0 Å². The van der Waals surface area contributed by atoms with Crippen molar-refractivity contribution in [3.63, 3.8) is 0 Å². The zero-order valence-electron chi connectivity index (χ0n) is 8.90. The second-order valence-electron chi connectivity index (χ2n) is 3.63. The molecule has 0 bridgehead atoms. The van der Waals surface area contributed by atoms with Crippen molar-refractivity contribution in [2.75, 3.05) is 26.7 Å². The second kappa shape index (κ2) is 5.35. The van der Waals surface area contributed by atoms with Crippen LogP contribution in [-0.4, -0.2) is 48.3 Å². The summed E-state index contributed by atoms with van der Waals surface area (Å²) in [6.45, 7) is 1.79. The van der Waals surface area contributed by atoms with Gasteiger partial charge in [-0.1, -0.05) is 0 Å². The van der Waals surface area contributed by atoms with Crippen molar-refractivity contribution >= 4 is 11.8 Å². The minimum atomic E-state index is -0.429. The molecule has 1 fully saturated rings. The summed E-state index contributed by atoms with van der Waals surface area (Å²) in [5.41, 5.74) is 0. The number of amides is 2. The number of rotatable bonds is 4. The van der Waals surface area contributed by atoms with Crippen molar-refractivity contribution in [2.45, 2.75) is 19.3 Å². The summed E-state index contributed by atoms with van der Waals surface area (Å²) in [7, 11) is 1.63. The molecule has 1 rings (SSSR count). The van der Waals surface area contributed by atoms with Crippen molar-refractivity contribution in [1.82, 2.24) is 9.80 Å². The summed E-state index contributed by atoms with van der Waals surface area (Å²) in [5, 5.41) is 8.34. The summed E-state index contributed by atoms with van der Waals surface area (Å²) in [6.07, 6.45) is 2.08. The van der Waals surface area contributed by atoms with Gasteiger partial charge < -0.3 is 9.80 Å². The number of nitriles is 1. The smallest absolute Gasteiger partial charge is 0.312 e. The molecule has 0 atom stereocenters. The molecule has 0 radical (unpaired) electrons. The third-order valence-corrected chi connectivity index (χ3v) is 2.49. The molecular formula is C10H15N3O2. The number of carbonyl (C=O) groups is 2. The van der Waals surface area contributed by atoms with Crippen molar-refractivity contribution < 1.29 is 9.59 Å². The standard InChI is InChI=1S/C10H15N3O2/c1-12-7-8-13(10(15)9(12)14)6-4-2-3-5-11/h2-4,6-8H2,1H3. The van der Waals surface area contributed by atoms with Crippen molar-refractivity contribution in [1.29, 1.82) is 5.26 Å². The van der Waals surface area contributed by atoms with Gasteiger partial charge in [0.25, 0.3) is 0 Å². The van der Waals surface area contributed by atoms with Crippen LogP contribution in [0.1, 0.15) is 19.3 Å². The SMILES string of the molecule is CN1CCN(CCCCC#N)C(=O)C1=O. The van der Waals surface area contributed by atoms with Crippen LogP contribution in [0.2, 0.25) is 0 Å². The van der Waals surface area contributed by atoms with E-state index in [0.29, 0.717) is 26.1 Å². The summed E-state index contributed by atoms with van der Waals surface area (Å²) < 4.78 is 0. The number of piperazine rings is 1. The molecule has 0 spiro atoms. The highest BCUT2D eigenvalue weighted by molar-refractivity contribution is 6.35. The normalized spacial score (nSPS) is 16.8. The lowest BCUT2D eigenvalue weighted by molar-refractivity contribution is -0.154. The Hall–Kier alpha value is -1.57. The van der Waals surface area contributed by atoms with Gasteiger partial charge in [0.2, 0.25) is 0 Å². The molecule has 1 heterocycles. The third kappa shape index (κ3) is 2.94. The first-order valence-corrected chi connectivity index (χ1v) is 5.08. The van der Waals surface area contributed by atoms with E-state index in [1.165, 1.54) is 4.90 Å². The first-order valence-electron chi connectivity index (χ1n) is 5.08. The molecule has 0 saturated carbocycles. The molecule has 1 aliphatic heterocycles. The van der Waals surface area contributed by atoms with Gasteiger partial charge in [0.05, 0.1) is 6.07 Å². The van der Waals surface area contributed by atoms with Crippen molar-refractivity contribution in [2.24, 2.45) is 0 Å². The maximum Gasteiger partial charge on any atom is 0.312 e. The van der Waals surface area contributed by atoms with Crippen LogP contribution in [0, 0.1) is 11.3 Å². The number of nitrogens with zero attached hydrogens (tertiary/aromatic N) is 3. The average molecular weight is 209 g/mol. The Balaban J connectivity index is 2.34. The van der Waals surface area contributed by atoms with Gasteiger partial charge in [-0.05, 0) is 12.8 Å². The molecular weight excluding hydrogens is 194 g/mol. The molecule has 5 nitrogen and oxygen atoms in total. The quantitative estimate of drug-likeness (QED) is 0.483. The highest BCUT2D eigenvalue weighted by Crippen LogP contribution is 2.05. The Kier molecular flexibility index (Phi) is 4.10. The van der Waals surface area contributed by atoms with E-state index in [1.54, 1.807) is 11.9 Å². The van der Waals surface area contributed by atoms with Crippen LogP contribution < -0.4 is 0 Å². The van der Waals surface area contributed by atoms with Gasteiger partial charge in [0.15, 0.2) is 0 Å². The second-order valence-corrected chi connectivity index (χ2v) is 3.63. The zero-order valence-corrected chi connectivity index (χ0v) is 8.90. The van der Waals surface area contributed by atoms with E-state index >= 15 is 0 Å². The predicted molar refractivity (Wildman–Crippen MR) is 53.7 cm³/mol. The van der Waals surface area contributed by atoms with Gasteiger partial charge >= 0.3 is 11.8 Å². The van der Waals surface area contributed by atoms with Gasteiger partial charge in [-0.3, -0.25) is 9.59 Å². The minimum Gasteiger partial charge on any atom is -0.336 e. The zero-order chi connectivity index (χ0) is 11.3. The van der Waals surface area contributed by atoms with Gasteiger partial charge in [0.1, 0.15) is 0 Å². The van der Waals surface area contributed by atoms with Crippen LogP contribution in [0.5, 0.6) is 0 Å². The summed E-state index contributed by atoms with van der Waals surface area (Å²) in [6, 6.07) is 2.05. The number of hydrogen-bond acceptors (Lipinski definition) is 3. The Labute approximate surface area is 89.3 Å². The summed E-state index contributed by atoms with van der Waals surface area (Å²) >= 11 is 0. The first-order chi connectivity index (χ1) is 7.16. The van der Waals surface area contributed by atoms with Crippen LogP contribution >= 0.6 is 0 Å². The van der Waals surface area contributed by atoms with E-state index in [2.05, 4.69) is 6.07 Å². The van der Waals surface area contributed by atoms with Crippen molar-refractivity contribution in [3.05, 3.63) is 0 Å². The van der Waals surface area contributed by atoms with Gasteiger partial charge in [-0.25, -0.2) is 0 Å². The van der Waals surface area contributed by atoms with Crippen molar-refractivity contribution in [3.8, 4) is 6.07 Å². The Morgan fingerprint density at radius 3 is 2.67 bits per heavy atom. The Morgan fingerprint density at radius 2 is 2.00 bits per heavy atom. The van der Waals surface area contributed by atoms with E-state index in [1.807, 2.05) is 0 Å². The molecule has 2 amide bonds. The molecule has 1 saturated heterocycles. The summed E-state index contributed by atoms with van der Waals surface area (Å²) in [5.74, 6) is -0.845. The Bertz CT molecular complexity index is 296. The lowest BCUT2D eigenvalue weighted by Gasteiger charge is -2.31. The number of likely N-dealkylation sites (N-methyl/N-ethyl adjacent to an activating group) is 1. The van der Waals surface area contributed by atoms with Crippen LogP contribution in [0.15, 0.2) is 0 Å². The molecule has 0 N–H and O–H groups in total. The lowest BCUT2D eigenvalue weighted by atomic mass is 10.2. The maximum atomic E-state index is 11.5. The average Bonchev–Trinajstić information content (AvgIpc) is 2.24. The highest BCUT2D eigenvalue weighted by Gasteiger charge is 2.29. The molecule has 0 aromatic carbocycles. The van der Waals surface area contributed by atoms with Crippen LogP contribution in [0.3, 0.4) is 0 Å². The van der Waals surface area contributed by atoms with E-state index in [0.717, 1.165) is 12.8 Å². The van der Waals surface area contributed by atoms with E-state index in [9.17, 15) is 9.59 Å².